The van der Waals surface area contributed by atoms with Gasteiger partial charge in [-0.25, -0.2) is 4.98 Å². The smallest absolute Gasteiger partial charge is 0.238 e. The molecule has 0 atom stereocenters. The Morgan fingerprint density at radius 2 is 0.645 bits per heavy atom. The first-order valence-corrected chi connectivity index (χ1v) is 21.0. The van der Waals surface area contributed by atoms with Gasteiger partial charge in [0.1, 0.15) is 0 Å². The molecule has 62 heavy (non-hydrogen) atoms. The van der Waals surface area contributed by atoms with E-state index in [9.17, 15) is 0 Å². The summed E-state index contributed by atoms with van der Waals surface area (Å²) in [4.78, 5) is 15.5. The van der Waals surface area contributed by atoms with Crippen molar-refractivity contribution in [2.75, 3.05) is 0 Å². The zero-order valence-corrected chi connectivity index (χ0v) is 33.6. The summed E-state index contributed by atoms with van der Waals surface area (Å²) in [6, 6.07) is 79.5. The van der Waals surface area contributed by atoms with Gasteiger partial charge in [-0.15, -0.1) is 0 Å². The topological polar surface area (TPSA) is 48.5 Å². The molecule has 12 aromatic rings. The molecule has 0 unspecified atom stereocenters. The SMILES string of the molecule is c1ccc(-c2ccc(-c3cccc(-c4ccccc4)c3-n3c4ccccc4c4cc5c(cc43)c3ccccc3n5-c3nc(-c4ccccc4)nc(-c4ccccc4)n3)cc2)cc1. The summed E-state index contributed by atoms with van der Waals surface area (Å²) in [7, 11) is 0. The molecule has 0 aliphatic carbocycles. The lowest BCUT2D eigenvalue weighted by Crippen LogP contribution is -2.06. The van der Waals surface area contributed by atoms with E-state index in [1.165, 1.54) is 16.5 Å². The predicted octanol–water partition coefficient (Wildman–Crippen LogP) is 14.4. The Morgan fingerprint density at radius 3 is 1.18 bits per heavy atom. The zero-order valence-electron chi connectivity index (χ0n) is 33.6. The van der Waals surface area contributed by atoms with Crippen LogP contribution in [0, 0.1) is 0 Å². The highest BCUT2D eigenvalue weighted by Gasteiger charge is 2.23. The summed E-state index contributed by atoms with van der Waals surface area (Å²) in [5, 5.41) is 4.55. The van der Waals surface area contributed by atoms with Crippen LogP contribution in [-0.2, 0) is 0 Å². The Kier molecular flexibility index (Phi) is 8.42. The quantitative estimate of drug-likeness (QED) is 0.162. The molecule has 0 amide bonds. The molecule has 9 aromatic carbocycles. The maximum atomic E-state index is 5.22. The van der Waals surface area contributed by atoms with Gasteiger partial charge in [-0.05, 0) is 46.5 Å². The predicted molar refractivity (Wildman–Crippen MR) is 256 cm³/mol. The molecule has 0 aliphatic heterocycles. The highest BCUT2D eigenvalue weighted by atomic mass is 15.2. The molecule has 0 radical (unpaired) electrons. The van der Waals surface area contributed by atoms with Crippen molar-refractivity contribution < 1.29 is 0 Å². The third-order valence-corrected chi connectivity index (χ3v) is 12.0. The van der Waals surface area contributed by atoms with E-state index in [1.54, 1.807) is 0 Å². The summed E-state index contributed by atoms with van der Waals surface area (Å²) in [5.74, 6) is 1.82. The molecule has 0 fully saturated rings. The van der Waals surface area contributed by atoms with E-state index in [4.69, 9.17) is 15.0 Å². The fraction of sp³-hybridized carbons (Fsp3) is 0. The van der Waals surface area contributed by atoms with E-state index in [2.05, 4.69) is 197 Å². The van der Waals surface area contributed by atoms with E-state index in [0.717, 1.165) is 77.3 Å². The van der Waals surface area contributed by atoms with Crippen LogP contribution >= 0.6 is 0 Å². The van der Waals surface area contributed by atoms with Gasteiger partial charge in [-0.2, -0.15) is 9.97 Å². The van der Waals surface area contributed by atoms with E-state index in [0.29, 0.717) is 17.6 Å². The number of nitrogens with zero attached hydrogens (tertiary/aromatic N) is 5. The van der Waals surface area contributed by atoms with Gasteiger partial charge in [-0.3, -0.25) is 4.57 Å². The Labute approximate surface area is 358 Å². The maximum absolute atomic E-state index is 5.22. The lowest BCUT2D eigenvalue weighted by Gasteiger charge is -2.19. The van der Waals surface area contributed by atoms with E-state index >= 15 is 0 Å². The molecule has 0 saturated carbocycles. The fourth-order valence-corrected chi connectivity index (χ4v) is 9.13. The number of rotatable bonds is 7. The van der Waals surface area contributed by atoms with Crippen molar-refractivity contribution in [3.8, 4) is 67.8 Å². The van der Waals surface area contributed by atoms with Gasteiger partial charge in [0.05, 0.1) is 27.8 Å². The van der Waals surface area contributed by atoms with Crippen LogP contribution in [0.15, 0.2) is 224 Å². The summed E-state index contributed by atoms with van der Waals surface area (Å²) >= 11 is 0. The fourth-order valence-electron chi connectivity index (χ4n) is 9.13. The van der Waals surface area contributed by atoms with Crippen LogP contribution in [0.3, 0.4) is 0 Å². The van der Waals surface area contributed by atoms with E-state index in [-0.39, 0.29) is 0 Å². The molecule has 3 aromatic heterocycles. The minimum atomic E-state index is 0.572. The number of fused-ring (bicyclic) bond motifs is 6. The van der Waals surface area contributed by atoms with Crippen LogP contribution in [0.25, 0.3) is 111 Å². The average Bonchev–Trinajstić information content (AvgIpc) is 3.85. The van der Waals surface area contributed by atoms with Crippen molar-refractivity contribution in [1.29, 1.82) is 0 Å². The Hall–Kier alpha value is -8.41. The summed E-state index contributed by atoms with van der Waals surface area (Å²) in [6.07, 6.45) is 0. The van der Waals surface area contributed by atoms with Crippen molar-refractivity contribution in [2.24, 2.45) is 0 Å². The zero-order chi connectivity index (χ0) is 41.0. The molecule has 0 bridgehead atoms. The highest BCUT2D eigenvalue weighted by molar-refractivity contribution is 6.19. The largest absolute Gasteiger partial charge is 0.308 e. The molecule has 0 aliphatic rings. The van der Waals surface area contributed by atoms with Crippen LogP contribution in [0.1, 0.15) is 0 Å². The van der Waals surface area contributed by atoms with Crippen molar-refractivity contribution >= 4 is 43.6 Å². The lowest BCUT2D eigenvalue weighted by atomic mass is 9.94. The maximum Gasteiger partial charge on any atom is 0.238 e. The van der Waals surface area contributed by atoms with Crippen molar-refractivity contribution in [2.45, 2.75) is 0 Å². The van der Waals surface area contributed by atoms with Crippen molar-refractivity contribution in [3.05, 3.63) is 224 Å². The van der Waals surface area contributed by atoms with E-state index < -0.39 is 0 Å². The Bertz CT molecular complexity index is 3540. The second kappa shape index (κ2) is 14.7. The molecule has 5 heteroatoms. The molecular formula is C57H37N5. The standard InChI is InChI=1S/C57H37N5/c1-5-18-38(19-6-1)39-32-34-41(35-33-39)45-29-17-28-44(40-20-7-2-8-21-40)54(45)61-50-30-15-13-26-46(50)48-37-53-49(36-52(48)61)47-27-14-16-31-51(47)62(53)57-59-55(42-22-9-3-10-23-42)58-56(60-57)43-24-11-4-12-25-43/h1-37H. The molecule has 5 nitrogen and oxygen atoms in total. The van der Waals surface area contributed by atoms with Gasteiger partial charge in [0.25, 0.3) is 0 Å². The van der Waals surface area contributed by atoms with E-state index in [1.807, 2.05) is 36.4 Å². The van der Waals surface area contributed by atoms with Crippen LogP contribution in [0.4, 0.5) is 0 Å². The number of aromatic nitrogens is 5. The third kappa shape index (κ3) is 5.90. The van der Waals surface area contributed by atoms with Crippen LogP contribution < -0.4 is 0 Å². The average molecular weight is 792 g/mol. The highest BCUT2D eigenvalue weighted by Crippen LogP contribution is 2.44. The summed E-state index contributed by atoms with van der Waals surface area (Å²) < 4.78 is 4.71. The normalized spacial score (nSPS) is 11.5. The van der Waals surface area contributed by atoms with Gasteiger partial charge in [-0.1, -0.05) is 200 Å². The molecular weight excluding hydrogens is 755 g/mol. The van der Waals surface area contributed by atoms with Crippen molar-refractivity contribution in [3.63, 3.8) is 0 Å². The molecule has 0 spiro atoms. The number of hydrogen-bond donors (Lipinski definition) is 0. The first-order valence-electron chi connectivity index (χ1n) is 21.0. The number of hydrogen-bond acceptors (Lipinski definition) is 3. The monoisotopic (exact) mass is 791 g/mol. The molecule has 3 heterocycles. The summed E-state index contributed by atoms with van der Waals surface area (Å²) in [6.45, 7) is 0. The Morgan fingerprint density at radius 1 is 0.258 bits per heavy atom. The second-order valence-corrected chi connectivity index (χ2v) is 15.6. The minimum absolute atomic E-state index is 0.572. The lowest BCUT2D eigenvalue weighted by molar-refractivity contribution is 0.954. The van der Waals surface area contributed by atoms with Crippen LogP contribution in [0.2, 0.25) is 0 Å². The van der Waals surface area contributed by atoms with Crippen LogP contribution in [0.5, 0.6) is 0 Å². The van der Waals surface area contributed by atoms with Gasteiger partial charge in [0.15, 0.2) is 11.6 Å². The van der Waals surface area contributed by atoms with Gasteiger partial charge in [0, 0.05) is 43.8 Å². The van der Waals surface area contributed by atoms with Crippen molar-refractivity contribution in [1.82, 2.24) is 24.1 Å². The number of para-hydroxylation sites is 3. The third-order valence-electron chi connectivity index (χ3n) is 12.0. The number of benzene rings is 9. The van der Waals surface area contributed by atoms with Gasteiger partial charge < -0.3 is 4.57 Å². The second-order valence-electron chi connectivity index (χ2n) is 15.6. The Balaban J connectivity index is 1.15. The van der Waals surface area contributed by atoms with Gasteiger partial charge in [0.2, 0.25) is 5.95 Å². The molecule has 0 saturated heterocycles. The first kappa shape index (κ1) is 35.5. The summed E-state index contributed by atoms with van der Waals surface area (Å²) in [5.41, 5.74) is 14.3. The molecule has 12 rings (SSSR count). The first-order chi connectivity index (χ1) is 30.8. The van der Waals surface area contributed by atoms with Gasteiger partial charge >= 0.3 is 0 Å². The minimum Gasteiger partial charge on any atom is -0.308 e. The molecule has 290 valence electrons. The molecule has 0 N–H and O–H groups in total. The van der Waals surface area contributed by atoms with Crippen LogP contribution in [-0.4, -0.2) is 24.1 Å².